The summed E-state index contributed by atoms with van der Waals surface area (Å²) in [4.78, 5) is 25.3. The molecule has 6 nitrogen and oxygen atoms in total. The Bertz CT molecular complexity index is 831. The van der Waals surface area contributed by atoms with E-state index in [9.17, 15) is 9.59 Å². The van der Waals surface area contributed by atoms with Gasteiger partial charge in [0, 0.05) is 12.6 Å². The predicted octanol–water partition coefficient (Wildman–Crippen LogP) is 3.29. The average Bonchev–Trinajstić information content (AvgIpc) is 2.65. The Kier molecular flexibility index (Phi) is 6.45. The minimum Gasteiger partial charge on any atom is -0.497 e. The molecule has 0 fully saturated rings. The van der Waals surface area contributed by atoms with Crippen molar-refractivity contribution >= 4 is 17.5 Å². The summed E-state index contributed by atoms with van der Waals surface area (Å²) in [6, 6.07) is 12.9. The van der Waals surface area contributed by atoms with E-state index >= 15 is 0 Å². The normalized spacial score (nSPS) is 10.9. The number of benzene rings is 2. The van der Waals surface area contributed by atoms with Gasteiger partial charge in [0.1, 0.15) is 16.9 Å². The summed E-state index contributed by atoms with van der Waals surface area (Å²) in [6.45, 7) is 5.52. The predicted molar refractivity (Wildman–Crippen MR) is 105 cm³/mol. The van der Waals surface area contributed by atoms with Crippen molar-refractivity contribution in [3.63, 3.8) is 0 Å². The highest BCUT2D eigenvalue weighted by atomic mass is 16.5. The van der Waals surface area contributed by atoms with E-state index in [2.05, 4.69) is 10.6 Å². The Morgan fingerprint density at radius 3 is 2.37 bits per heavy atom. The molecule has 0 unspecified atom stereocenters. The molecule has 0 aromatic heterocycles. The molecule has 0 aliphatic heterocycles. The van der Waals surface area contributed by atoms with Gasteiger partial charge in [-0.2, -0.15) is 0 Å². The Labute approximate surface area is 159 Å². The number of anilines is 1. The number of methoxy groups -OCH3 is 2. The quantitative estimate of drug-likeness (QED) is 0.733. The molecule has 0 saturated heterocycles. The van der Waals surface area contributed by atoms with Crippen LogP contribution in [0, 0.1) is 12.3 Å². The molecule has 2 aromatic carbocycles. The highest BCUT2D eigenvalue weighted by molar-refractivity contribution is 6.10. The molecule has 0 atom stereocenters. The van der Waals surface area contributed by atoms with Gasteiger partial charge in [0.15, 0.2) is 0 Å². The van der Waals surface area contributed by atoms with E-state index in [4.69, 9.17) is 9.47 Å². The van der Waals surface area contributed by atoms with E-state index in [1.807, 2.05) is 31.2 Å². The van der Waals surface area contributed by atoms with Crippen LogP contribution < -0.4 is 20.1 Å². The fourth-order valence-electron chi connectivity index (χ4n) is 2.52. The molecule has 27 heavy (non-hydrogen) atoms. The molecule has 0 spiro atoms. The van der Waals surface area contributed by atoms with Crippen LogP contribution in [-0.2, 0) is 16.1 Å². The second-order valence-corrected chi connectivity index (χ2v) is 6.82. The molecule has 0 aliphatic carbocycles. The molecular weight excluding hydrogens is 344 g/mol. The van der Waals surface area contributed by atoms with Gasteiger partial charge in [-0.15, -0.1) is 0 Å². The third kappa shape index (κ3) is 5.00. The number of carbonyl (C=O) groups excluding carboxylic acids is 2. The first kappa shape index (κ1) is 20.3. The minimum atomic E-state index is -1.27. The van der Waals surface area contributed by atoms with Crippen molar-refractivity contribution in [2.75, 3.05) is 19.5 Å². The molecule has 6 heteroatoms. The van der Waals surface area contributed by atoms with Crippen molar-refractivity contribution in [2.24, 2.45) is 5.41 Å². The van der Waals surface area contributed by atoms with Crippen molar-refractivity contribution in [2.45, 2.75) is 27.3 Å². The number of hydrogen-bond acceptors (Lipinski definition) is 4. The van der Waals surface area contributed by atoms with Crippen LogP contribution in [0.25, 0.3) is 0 Å². The lowest BCUT2D eigenvalue weighted by molar-refractivity contribution is -0.138. The third-order valence-corrected chi connectivity index (χ3v) is 4.33. The number of carbonyl (C=O) groups is 2. The highest BCUT2D eigenvalue weighted by Crippen LogP contribution is 2.30. The van der Waals surface area contributed by atoms with E-state index < -0.39 is 11.3 Å². The van der Waals surface area contributed by atoms with E-state index in [1.165, 1.54) is 14.2 Å². The van der Waals surface area contributed by atoms with E-state index in [0.29, 0.717) is 23.7 Å². The van der Waals surface area contributed by atoms with E-state index in [0.717, 1.165) is 11.1 Å². The molecule has 144 valence electrons. The molecule has 0 radical (unpaired) electrons. The number of nitrogens with one attached hydrogen (secondary N) is 2. The van der Waals surface area contributed by atoms with Gasteiger partial charge in [-0.3, -0.25) is 9.59 Å². The molecule has 0 saturated carbocycles. The van der Waals surface area contributed by atoms with Crippen LogP contribution in [0.4, 0.5) is 5.69 Å². The lowest BCUT2D eigenvalue weighted by Gasteiger charge is -2.23. The van der Waals surface area contributed by atoms with Crippen LogP contribution in [0.5, 0.6) is 11.5 Å². The maximum atomic E-state index is 12.7. The summed E-state index contributed by atoms with van der Waals surface area (Å²) in [7, 11) is 3.05. The number of ether oxygens (including phenoxy) is 2. The Hall–Kier alpha value is -3.02. The SMILES string of the molecule is COc1ccc(OC)c(NC(=O)C(C)(C)C(=O)NCc2cccc(C)c2)c1. The fourth-order valence-corrected chi connectivity index (χ4v) is 2.52. The van der Waals surface area contributed by atoms with Crippen LogP contribution in [0.15, 0.2) is 42.5 Å². The van der Waals surface area contributed by atoms with Gasteiger partial charge < -0.3 is 20.1 Å². The minimum absolute atomic E-state index is 0.358. The van der Waals surface area contributed by atoms with Crippen LogP contribution in [0.3, 0.4) is 0 Å². The summed E-state index contributed by atoms with van der Waals surface area (Å²) >= 11 is 0. The van der Waals surface area contributed by atoms with Crippen LogP contribution >= 0.6 is 0 Å². The maximum Gasteiger partial charge on any atom is 0.239 e. The zero-order valence-electron chi connectivity index (χ0n) is 16.4. The maximum absolute atomic E-state index is 12.7. The van der Waals surface area contributed by atoms with E-state index in [1.54, 1.807) is 32.0 Å². The van der Waals surface area contributed by atoms with Crippen LogP contribution in [-0.4, -0.2) is 26.0 Å². The zero-order chi connectivity index (χ0) is 20.0. The number of aryl methyl sites for hydroxylation is 1. The molecule has 0 aliphatic rings. The van der Waals surface area contributed by atoms with Crippen LogP contribution in [0.2, 0.25) is 0 Å². The topological polar surface area (TPSA) is 76.7 Å². The molecular formula is C21H26N2O4. The summed E-state index contributed by atoms with van der Waals surface area (Å²) in [6.07, 6.45) is 0. The Morgan fingerprint density at radius 2 is 1.74 bits per heavy atom. The summed E-state index contributed by atoms with van der Waals surface area (Å²) in [5.74, 6) is 0.270. The monoisotopic (exact) mass is 370 g/mol. The Balaban J connectivity index is 2.08. The second-order valence-electron chi connectivity index (χ2n) is 6.82. The molecule has 2 amide bonds. The molecule has 2 aromatic rings. The number of hydrogen-bond donors (Lipinski definition) is 2. The largest absolute Gasteiger partial charge is 0.497 e. The molecule has 2 rings (SSSR count). The summed E-state index contributed by atoms with van der Waals surface area (Å²) in [5.41, 5.74) is 1.28. The first-order chi connectivity index (χ1) is 12.8. The smallest absolute Gasteiger partial charge is 0.239 e. The number of amides is 2. The molecule has 2 N–H and O–H groups in total. The van der Waals surface area contributed by atoms with Crippen LogP contribution in [0.1, 0.15) is 25.0 Å². The van der Waals surface area contributed by atoms with Gasteiger partial charge in [0.25, 0.3) is 0 Å². The van der Waals surface area contributed by atoms with Gasteiger partial charge >= 0.3 is 0 Å². The lowest BCUT2D eigenvalue weighted by Crippen LogP contribution is -2.44. The third-order valence-electron chi connectivity index (χ3n) is 4.33. The van der Waals surface area contributed by atoms with Crippen molar-refractivity contribution in [3.8, 4) is 11.5 Å². The first-order valence-corrected chi connectivity index (χ1v) is 8.65. The van der Waals surface area contributed by atoms with Gasteiger partial charge in [0.2, 0.25) is 11.8 Å². The van der Waals surface area contributed by atoms with Gasteiger partial charge in [-0.25, -0.2) is 0 Å². The highest BCUT2D eigenvalue weighted by Gasteiger charge is 2.36. The average molecular weight is 370 g/mol. The summed E-state index contributed by atoms with van der Waals surface area (Å²) in [5, 5.41) is 5.59. The second kappa shape index (κ2) is 8.58. The standard InChI is InChI=1S/C21H26N2O4/c1-14-7-6-8-15(11-14)13-22-19(24)21(2,3)20(25)23-17-12-16(26-4)9-10-18(17)27-5/h6-12H,13H2,1-5H3,(H,22,24)(H,23,25). The van der Waals surface area contributed by atoms with Crippen molar-refractivity contribution < 1.29 is 19.1 Å². The van der Waals surface area contributed by atoms with Gasteiger partial charge in [-0.1, -0.05) is 29.8 Å². The molecule has 0 heterocycles. The van der Waals surface area contributed by atoms with Crippen molar-refractivity contribution in [1.82, 2.24) is 5.32 Å². The zero-order valence-corrected chi connectivity index (χ0v) is 16.4. The number of rotatable bonds is 7. The Morgan fingerprint density at radius 1 is 1.00 bits per heavy atom. The van der Waals surface area contributed by atoms with E-state index in [-0.39, 0.29) is 5.91 Å². The molecule has 0 bridgehead atoms. The fraction of sp³-hybridized carbons (Fsp3) is 0.333. The van der Waals surface area contributed by atoms with Gasteiger partial charge in [-0.05, 0) is 38.5 Å². The summed E-state index contributed by atoms with van der Waals surface area (Å²) < 4.78 is 10.4. The van der Waals surface area contributed by atoms with Gasteiger partial charge in [0.05, 0.1) is 19.9 Å². The van der Waals surface area contributed by atoms with Crippen molar-refractivity contribution in [3.05, 3.63) is 53.6 Å². The lowest BCUT2D eigenvalue weighted by atomic mass is 9.90. The van der Waals surface area contributed by atoms with Crippen molar-refractivity contribution in [1.29, 1.82) is 0 Å². The first-order valence-electron chi connectivity index (χ1n) is 8.65.